The van der Waals surface area contributed by atoms with Gasteiger partial charge in [0.25, 0.3) is 0 Å². The van der Waals surface area contributed by atoms with Crippen molar-refractivity contribution in [3.8, 4) is 0 Å². The predicted molar refractivity (Wildman–Crippen MR) is 80.9 cm³/mol. The van der Waals surface area contributed by atoms with Gasteiger partial charge in [-0.1, -0.05) is 77.4 Å². The van der Waals surface area contributed by atoms with Gasteiger partial charge in [-0.25, -0.2) is 0 Å². The molecule has 0 atom stereocenters. The minimum atomic E-state index is 0.379. The fraction of sp³-hybridized carbons (Fsp3) is 0.824. The maximum atomic E-state index is 11.6. The van der Waals surface area contributed by atoms with Crippen LogP contribution in [0.15, 0.2) is 12.2 Å². The van der Waals surface area contributed by atoms with Gasteiger partial charge < -0.3 is 0 Å². The fourth-order valence-corrected chi connectivity index (χ4v) is 2.13. The number of hydrogen-bond acceptors (Lipinski definition) is 1. The number of allylic oxidation sites excluding steroid dienone is 1. The van der Waals surface area contributed by atoms with Crippen molar-refractivity contribution >= 4 is 5.78 Å². The number of hydrogen-bond donors (Lipinski definition) is 0. The molecule has 1 nitrogen and oxygen atoms in total. The molecule has 0 heterocycles. The normalized spacial score (nSPS) is 10.6. The lowest BCUT2D eigenvalue weighted by Gasteiger charge is -2.03. The standard InChI is InChI=1S/C17H32O/c1-4-6-7-8-9-10-11-12-13-14-17(18)15-16(3)5-2/h3-15H2,1-2H3. The molecule has 0 aliphatic heterocycles. The summed E-state index contributed by atoms with van der Waals surface area (Å²) in [6.07, 6.45) is 14.1. The smallest absolute Gasteiger partial charge is 0.136 e. The quantitative estimate of drug-likeness (QED) is 0.297. The molecule has 0 spiro atoms. The van der Waals surface area contributed by atoms with E-state index in [-0.39, 0.29) is 0 Å². The lowest BCUT2D eigenvalue weighted by Crippen LogP contribution is -1.98. The summed E-state index contributed by atoms with van der Waals surface area (Å²) < 4.78 is 0. The minimum absolute atomic E-state index is 0.379. The summed E-state index contributed by atoms with van der Waals surface area (Å²) in [6, 6.07) is 0. The highest BCUT2D eigenvalue weighted by molar-refractivity contribution is 5.80. The molecular weight excluding hydrogens is 220 g/mol. The molecule has 0 N–H and O–H groups in total. The van der Waals surface area contributed by atoms with Crippen LogP contribution < -0.4 is 0 Å². The van der Waals surface area contributed by atoms with Crippen molar-refractivity contribution in [1.29, 1.82) is 0 Å². The topological polar surface area (TPSA) is 17.1 Å². The Labute approximate surface area is 114 Å². The number of unbranched alkanes of at least 4 members (excludes halogenated alkanes) is 8. The van der Waals surface area contributed by atoms with Gasteiger partial charge >= 0.3 is 0 Å². The van der Waals surface area contributed by atoms with E-state index < -0.39 is 0 Å². The largest absolute Gasteiger partial charge is 0.299 e. The van der Waals surface area contributed by atoms with E-state index in [2.05, 4.69) is 20.4 Å². The van der Waals surface area contributed by atoms with E-state index in [1.807, 2.05) is 0 Å². The first kappa shape index (κ1) is 17.4. The number of carbonyl (C=O) groups excluding carboxylic acids is 1. The highest BCUT2D eigenvalue weighted by Gasteiger charge is 2.03. The third-order valence-electron chi connectivity index (χ3n) is 3.51. The Morgan fingerprint density at radius 3 is 1.83 bits per heavy atom. The second-order valence-electron chi connectivity index (χ2n) is 5.40. The third kappa shape index (κ3) is 11.9. The van der Waals surface area contributed by atoms with Gasteiger partial charge in [0.15, 0.2) is 0 Å². The second-order valence-corrected chi connectivity index (χ2v) is 5.40. The molecule has 0 rings (SSSR count). The second kappa shape index (κ2) is 12.9. The van der Waals surface area contributed by atoms with Crippen LogP contribution in [-0.2, 0) is 4.79 Å². The van der Waals surface area contributed by atoms with Crippen molar-refractivity contribution in [1.82, 2.24) is 0 Å². The average molecular weight is 252 g/mol. The third-order valence-corrected chi connectivity index (χ3v) is 3.51. The summed E-state index contributed by atoms with van der Waals surface area (Å²) in [7, 11) is 0. The van der Waals surface area contributed by atoms with E-state index in [9.17, 15) is 4.79 Å². The molecule has 0 aromatic carbocycles. The van der Waals surface area contributed by atoms with Crippen LogP contribution in [0.5, 0.6) is 0 Å². The number of carbonyl (C=O) groups is 1. The molecule has 0 saturated carbocycles. The van der Waals surface area contributed by atoms with Crippen molar-refractivity contribution in [3.05, 3.63) is 12.2 Å². The maximum Gasteiger partial charge on any atom is 0.136 e. The van der Waals surface area contributed by atoms with Gasteiger partial charge in [0, 0.05) is 12.8 Å². The van der Waals surface area contributed by atoms with Crippen molar-refractivity contribution in [2.45, 2.75) is 90.9 Å². The molecule has 0 unspecified atom stereocenters. The molecule has 0 amide bonds. The summed E-state index contributed by atoms with van der Waals surface area (Å²) >= 11 is 0. The van der Waals surface area contributed by atoms with Crippen molar-refractivity contribution < 1.29 is 4.79 Å². The van der Waals surface area contributed by atoms with Gasteiger partial charge in [-0.05, 0) is 12.8 Å². The van der Waals surface area contributed by atoms with Gasteiger partial charge in [-0.3, -0.25) is 4.79 Å². The minimum Gasteiger partial charge on any atom is -0.299 e. The summed E-state index contributed by atoms with van der Waals surface area (Å²) in [5.41, 5.74) is 1.08. The summed E-state index contributed by atoms with van der Waals surface area (Å²) in [6.45, 7) is 8.20. The SMILES string of the molecule is C=C(CC)CC(=O)CCCCCCCCCCC. The molecule has 106 valence electrons. The molecule has 0 saturated heterocycles. The number of ketones is 1. The van der Waals surface area contributed by atoms with E-state index in [1.165, 1.54) is 51.4 Å². The molecule has 18 heavy (non-hydrogen) atoms. The summed E-state index contributed by atoms with van der Waals surface area (Å²) in [4.78, 5) is 11.6. The molecular formula is C17H32O. The molecule has 0 aromatic heterocycles. The first-order valence-electron chi connectivity index (χ1n) is 7.89. The molecule has 0 aliphatic carbocycles. The van der Waals surface area contributed by atoms with Crippen LogP contribution in [0.25, 0.3) is 0 Å². The molecule has 1 heteroatoms. The maximum absolute atomic E-state index is 11.6. The summed E-state index contributed by atoms with van der Waals surface area (Å²) in [5, 5.41) is 0. The van der Waals surface area contributed by atoms with Gasteiger partial charge in [0.05, 0.1) is 0 Å². The Hall–Kier alpha value is -0.590. The van der Waals surface area contributed by atoms with Crippen molar-refractivity contribution in [3.63, 3.8) is 0 Å². The highest BCUT2D eigenvalue weighted by atomic mass is 16.1. The zero-order valence-electron chi connectivity index (χ0n) is 12.6. The molecule has 0 fully saturated rings. The zero-order valence-corrected chi connectivity index (χ0v) is 12.6. The van der Waals surface area contributed by atoms with Crippen LogP contribution in [0.2, 0.25) is 0 Å². The van der Waals surface area contributed by atoms with E-state index >= 15 is 0 Å². The van der Waals surface area contributed by atoms with Crippen molar-refractivity contribution in [2.75, 3.05) is 0 Å². The molecule has 0 aromatic rings. The van der Waals surface area contributed by atoms with Crippen LogP contribution in [-0.4, -0.2) is 5.78 Å². The van der Waals surface area contributed by atoms with E-state index in [0.717, 1.165) is 24.8 Å². The average Bonchev–Trinajstić information content (AvgIpc) is 2.36. The Balaban J connectivity index is 3.20. The monoisotopic (exact) mass is 252 g/mol. The summed E-state index contributed by atoms with van der Waals surface area (Å²) in [5.74, 6) is 0.379. The fourth-order valence-electron chi connectivity index (χ4n) is 2.13. The molecule has 0 radical (unpaired) electrons. The van der Waals surface area contributed by atoms with Crippen LogP contribution in [0, 0.1) is 0 Å². The Kier molecular flexibility index (Phi) is 12.4. The van der Waals surface area contributed by atoms with Crippen LogP contribution in [0.1, 0.15) is 90.9 Å². The van der Waals surface area contributed by atoms with E-state index in [4.69, 9.17) is 0 Å². The Morgan fingerprint density at radius 1 is 0.833 bits per heavy atom. The molecule has 0 bridgehead atoms. The number of Topliss-reactive ketones (excluding diaryl/α,β-unsaturated/α-hetero) is 1. The first-order chi connectivity index (χ1) is 8.70. The lowest BCUT2D eigenvalue weighted by atomic mass is 10.0. The lowest BCUT2D eigenvalue weighted by molar-refractivity contribution is -0.118. The molecule has 0 aliphatic rings. The first-order valence-corrected chi connectivity index (χ1v) is 7.89. The van der Waals surface area contributed by atoms with Crippen LogP contribution in [0.3, 0.4) is 0 Å². The van der Waals surface area contributed by atoms with Crippen LogP contribution in [0.4, 0.5) is 0 Å². The highest BCUT2D eigenvalue weighted by Crippen LogP contribution is 2.12. The van der Waals surface area contributed by atoms with Crippen molar-refractivity contribution in [2.24, 2.45) is 0 Å². The predicted octanol–water partition coefficient (Wildman–Crippen LogP) is 5.83. The Morgan fingerprint density at radius 2 is 1.33 bits per heavy atom. The van der Waals surface area contributed by atoms with Gasteiger partial charge in [0.2, 0.25) is 0 Å². The van der Waals surface area contributed by atoms with Gasteiger partial charge in [-0.15, -0.1) is 0 Å². The van der Waals surface area contributed by atoms with Crippen LogP contribution >= 0.6 is 0 Å². The van der Waals surface area contributed by atoms with E-state index in [0.29, 0.717) is 12.2 Å². The number of rotatable bonds is 13. The van der Waals surface area contributed by atoms with E-state index in [1.54, 1.807) is 0 Å². The van der Waals surface area contributed by atoms with Gasteiger partial charge in [0.1, 0.15) is 5.78 Å². The zero-order chi connectivity index (χ0) is 13.6. The Bertz CT molecular complexity index is 218. The van der Waals surface area contributed by atoms with Gasteiger partial charge in [-0.2, -0.15) is 0 Å².